The van der Waals surface area contributed by atoms with Crippen molar-refractivity contribution in [1.29, 1.82) is 0 Å². The van der Waals surface area contributed by atoms with E-state index in [4.69, 9.17) is 9.52 Å². The summed E-state index contributed by atoms with van der Waals surface area (Å²) in [5.74, 6) is 0.227. The summed E-state index contributed by atoms with van der Waals surface area (Å²) in [6.45, 7) is 2.76. The van der Waals surface area contributed by atoms with Crippen molar-refractivity contribution in [3.63, 3.8) is 0 Å². The van der Waals surface area contributed by atoms with E-state index in [1.807, 2.05) is 0 Å². The number of carbonyl (C=O) groups is 1. The highest BCUT2D eigenvalue weighted by atomic mass is 32.1. The van der Waals surface area contributed by atoms with Crippen LogP contribution in [0.25, 0.3) is 10.8 Å². The molecule has 7 heteroatoms. The number of carbonyl (C=O) groups excluding carboxylic acids is 1. The molecule has 1 amide bonds. The first kappa shape index (κ1) is 14.7. The maximum absolute atomic E-state index is 12.0. The lowest BCUT2D eigenvalue weighted by Gasteiger charge is -2.20. The van der Waals surface area contributed by atoms with Crippen LogP contribution < -0.4 is 5.32 Å². The van der Waals surface area contributed by atoms with Crippen molar-refractivity contribution in [3.8, 4) is 10.8 Å². The van der Waals surface area contributed by atoms with Crippen LogP contribution in [0.1, 0.15) is 22.3 Å². The number of thiazole rings is 1. The second-order valence-corrected chi connectivity index (χ2v) is 5.94. The molecule has 2 heterocycles. The van der Waals surface area contributed by atoms with E-state index in [9.17, 15) is 9.90 Å². The number of aliphatic hydroxyl groups is 2. The van der Waals surface area contributed by atoms with Crippen LogP contribution in [-0.4, -0.2) is 39.9 Å². The van der Waals surface area contributed by atoms with Crippen LogP contribution in [0.3, 0.4) is 0 Å². The highest BCUT2D eigenvalue weighted by molar-refractivity contribution is 7.15. The van der Waals surface area contributed by atoms with E-state index >= 15 is 0 Å². The second kappa shape index (κ2) is 5.74. The van der Waals surface area contributed by atoms with Gasteiger partial charge in [-0.25, -0.2) is 4.98 Å². The largest absolute Gasteiger partial charge is 0.462 e. The van der Waals surface area contributed by atoms with Crippen molar-refractivity contribution < 1.29 is 19.4 Å². The zero-order chi connectivity index (χ0) is 14.8. The number of aliphatic hydroxyl groups excluding tert-OH is 1. The number of nitrogens with zero attached hydrogens (tertiary/aromatic N) is 1. The van der Waals surface area contributed by atoms with Gasteiger partial charge >= 0.3 is 0 Å². The topological polar surface area (TPSA) is 95.6 Å². The normalized spacial score (nSPS) is 14.0. The molecule has 1 unspecified atom stereocenters. The number of hydrogen-bond acceptors (Lipinski definition) is 6. The van der Waals surface area contributed by atoms with E-state index in [-0.39, 0.29) is 12.5 Å². The van der Waals surface area contributed by atoms with E-state index in [1.165, 1.54) is 18.3 Å². The number of rotatable bonds is 5. The number of aromatic nitrogens is 1. The third-order valence-electron chi connectivity index (χ3n) is 2.71. The Morgan fingerprint density at radius 3 is 2.95 bits per heavy atom. The first-order valence-corrected chi connectivity index (χ1v) is 6.87. The quantitative estimate of drug-likeness (QED) is 0.770. The average molecular weight is 296 g/mol. The van der Waals surface area contributed by atoms with Crippen LogP contribution in [0, 0.1) is 6.92 Å². The molecule has 2 aromatic rings. The van der Waals surface area contributed by atoms with E-state index in [0.29, 0.717) is 16.5 Å². The van der Waals surface area contributed by atoms with E-state index in [0.717, 1.165) is 4.88 Å². The van der Waals surface area contributed by atoms with Crippen molar-refractivity contribution in [3.05, 3.63) is 29.0 Å². The molecule has 0 radical (unpaired) electrons. The fourth-order valence-corrected chi connectivity index (χ4v) is 2.40. The summed E-state index contributed by atoms with van der Waals surface area (Å²) >= 11 is 1.36. The maximum atomic E-state index is 12.0. The van der Waals surface area contributed by atoms with Crippen LogP contribution in [-0.2, 0) is 0 Å². The van der Waals surface area contributed by atoms with Gasteiger partial charge in [-0.15, -0.1) is 11.3 Å². The molecule has 0 aliphatic rings. The lowest BCUT2D eigenvalue weighted by molar-refractivity contribution is 0.00316. The molecule has 0 saturated heterocycles. The monoisotopic (exact) mass is 296 g/mol. The summed E-state index contributed by atoms with van der Waals surface area (Å²) < 4.78 is 5.24. The van der Waals surface area contributed by atoms with Gasteiger partial charge in [0.2, 0.25) is 0 Å². The van der Waals surface area contributed by atoms with Gasteiger partial charge in [0.25, 0.3) is 5.91 Å². The molecular weight excluding hydrogens is 280 g/mol. The number of amides is 1. The number of hydrogen-bond donors (Lipinski definition) is 3. The summed E-state index contributed by atoms with van der Waals surface area (Å²) in [4.78, 5) is 17.0. The lowest BCUT2D eigenvalue weighted by atomic mass is 10.1. The number of furan rings is 1. The van der Waals surface area contributed by atoms with Gasteiger partial charge in [0, 0.05) is 11.4 Å². The van der Waals surface area contributed by atoms with Crippen molar-refractivity contribution in [2.24, 2.45) is 0 Å². The molecule has 0 aliphatic carbocycles. The Kier molecular flexibility index (Phi) is 4.22. The molecule has 1 atom stereocenters. The highest BCUT2D eigenvalue weighted by Crippen LogP contribution is 2.27. The van der Waals surface area contributed by atoms with Crippen molar-refractivity contribution in [1.82, 2.24) is 10.3 Å². The van der Waals surface area contributed by atoms with Crippen molar-refractivity contribution >= 4 is 17.2 Å². The molecule has 108 valence electrons. The van der Waals surface area contributed by atoms with E-state index < -0.39 is 12.2 Å². The van der Waals surface area contributed by atoms with Gasteiger partial charge in [-0.1, -0.05) is 0 Å². The van der Waals surface area contributed by atoms with Gasteiger partial charge in [0.05, 0.1) is 12.9 Å². The third-order valence-corrected chi connectivity index (χ3v) is 3.70. The Bertz CT molecular complexity index is 590. The second-order valence-electron chi connectivity index (χ2n) is 4.74. The molecule has 0 bridgehead atoms. The van der Waals surface area contributed by atoms with Gasteiger partial charge in [-0.2, -0.15) is 0 Å². The molecular formula is C13H16N2O4S. The van der Waals surface area contributed by atoms with Gasteiger partial charge in [0.1, 0.15) is 11.3 Å². The molecule has 0 aromatic carbocycles. The van der Waals surface area contributed by atoms with Crippen LogP contribution in [0.2, 0.25) is 0 Å². The first-order chi connectivity index (χ1) is 9.43. The summed E-state index contributed by atoms with van der Waals surface area (Å²) in [5, 5.41) is 21.8. The van der Waals surface area contributed by atoms with Gasteiger partial charge < -0.3 is 19.9 Å². The summed E-state index contributed by atoms with van der Waals surface area (Å²) in [7, 11) is 0. The fourth-order valence-electron chi connectivity index (χ4n) is 1.52. The number of nitrogens with one attached hydrogen (secondary N) is 1. The Balaban J connectivity index is 2.11. The summed E-state index contributed by atoms with van der Waals surface area (Å²) in [5.41, 5.74) is -1.04. The Hall–Kier alpha value is -1.70. The zero-order valence-electron chi connectivity index (χ0n) is 11.2. The minimum absolute atomic E-state index is 0.0462. The number of aryl methyl sites for hydroxylation is 1. The predicted octanol–water partition coefficient (Wildman–Crippen LogP) is 1.18. The first-order valence-electron chi connectivity index (χ1n) is 6.06. The zero-order valence-corrected chi connectivity index (χ0v) is 12.0. The molecule has 0 fully saturated rings. The Morgan fingerprint density at radius 2 is 2.35 bits per heavy atom. The molecule has 6 nitrogen and oxygen atoms in total. The average Bonchev–Trinajstić information content (AvgIpc) is 3.05. The van der Waals surface area contributed by atoms with Crippen molar-refractivity contribution in [2.75, 3.05) is 13.2 Å². The van der Waals surface area contributed by atoms with Crippen LogP contribution in [0.4, 0.5) is 0 Å². The third kappa shape index (κ3) is 3.24. The van der Waals surface area contributed by atoms with E-state index in [2.05, 4.69) is 10.3 Å². The predicted molar refractivity (Wildman–Crippen MR) is 74.6 cm³/mol. The van der Waals surface area contributed by atoms with Crippen LogP contribution >= 0.6 is 11.3 Å². The SMILES string of the molecule is Cc1sc(-c2ccco2)nc1C(=O)NCC(C)(O)CO. The van der Waals surface area contributed by atoms with E-state index in [1.54, 1.807) is 25.3 Å². The molecule has 0 aliphatic heterocycles. The molecule has 0 saturated carbocycles. The van der Waals surface area contributed by atoms with Crippen molar-refractivity contribution in [2.45, 2.75) is 19.4 Å². The molecule has 2 aromatic heterocycles. The molecule has 2 rings (SSSR count). The Labute approximate surface area is 120 Å². The maximum Gasteiger partial charge on any atom is 0.271 e. The minimum atomic E-state index is -1.34. The standard InChI is InChI=1S/C13H16N2O4S/c1-8-10(11(17)14-6-13(2,18)7-16)15-12(20-8)9-4-3-5-19-9/h3-5,16,18H,6-7H2,1-2H3,(H,14,17). The van der Waals surface area contributed by atoms with Crippen LogP contribution in [0.5, 0.6) is 0 Å². The highest BCUT2D eigenvalue weighted by Gasteiger charge is 2.22. The molecule has 0 spiro atoms. The van der Waals surface area contributed by atoms with Gasteiger partial charge in [0.15, 0.2) is 10.8 Å². The fraction of sp³-hybridized carbons (Fsp3) is 0.385. The van der Waals surface area contributed by atoms with Gasteiger partial charge in [-0.3, -0.25) is 4.79 Å². The summed E-state index contributed by atoms with van der Waals surface area (Å²) in [6, 6.07) is 3.53. The lowest BCUT2D eigenvalue weighted by Crippen LogP contribution is -2.43. The summed E-state index contributed by atoms with van der Waals surface area (Å²) in [6.07, 6.45) is 1.55. The van der Waals surface area contributed by atoms with Gasteiger partial charge in [-0.05, 0) is 26.0 Å². The molecule has 3 N–H and O–H groups in total. The van der Waals surface area contributed by atoms with Crippen LogP contribution in [0.15, 0.2) is 22.8 Å². The minimum Gasteiger partial charge on any atom is -0.462 e. The smallest absolute Gasteiger partial charge is 0.271 e. The Morgan fingerprint density at radius 1 is 1.60 bits per heavy atom. The molecule has 20 heavy (non-hydrogen) atoms.